The smallest absolute Gasteiger partial charge is 0.397 e. The van der Waals surface area contributed by atoms with Gasteiger partial charge in [-0.1, -0.05) is 51.1 Å². The number of carbonyl (C=O) groups excluding carboxylic acids is 2. The fourth-order valence-corrected chi connectivity index (χ4v) is 5.64. The molecule has 1 heterocycles. The van der Waals surface area contributed by atoms with Crippen LogP contribution in [-0.4, -0.2) is 60.7 Å². The minimum atomic E-state index is -3.88. The number of hydrogen-bond donors (Lipinski definition) is 1. The first-order valence-electron chi connectivity index (χ1n) is 12.2. The summed E-state index contributed by atoms with van der Waals surface area (Å²) in [6.45, 7) is 6.41. The van der Waals surface area contributed by atoms with Gasteiger partial charge in [-0.3, -0.25) is 9.59 Å². The molecule has 1 saturated heterocycles. The number of nitrogens with zero attached hydrogens (tertiary/aromatic N) is 2. The molecule has 0 radical (unpaired) electrons. The number of halogens is 2. The average Bonchev–Trinajstić information content (AvgIpc) is 2.87. The predicted molar refractivity (Wildman–Crippen MR) is 134 cm³/mol. The third-order valence-corrected chi connectivity index (χ3v) is 8.00. The van der Waals surface area contributed by atoms with Crippen molar-refractivity contribution in [2.75, 3.05) is 13.1 Å². The Balaban J connectivity index is 1.78. The van der Waals surface area contributed by atoms with Crippen LogP contribution in [0.3, 0.4) is 0 Å². The maximum absolute atomic E-state index is 13.5. The van der Waals surface area contributed by atoms with Crippen molar-refractivity contribution in [1.29, 1.82) is 0 Å². The molecule has 8 nitrogen and oxygen atoms in total. The lowest BCUT2D eigenvalue weighted by Crippen LogP contribution is -2.65. The number of alkyl halides is 2. The summed E-state index contributed by atoms with van der Waals surface area (Å²) >= 11 is 0. The second-order valence-corrected chi connectivity index (χ2v) is 11.3. The van der Waals surface area contributed by atoms with Gasteiger partial charge < -0.3 is 15.0 Å². The van der Waals surface area contributed by atoms with Crippen molar-refractivity contribution in [3.8, 4) is 5.75 Å². The molecule has 0 bridgehead atoms. The fourth-order valence-electron chi connectivity index (χ4n) is 4.09. The van der Waals surface area contributed by atoms with Crippen LogP contribution in [0.2, 0.25) is 0 Å². The summed E-state index contributed by atoms with van der Waals surface area (Å²) in [7, 11) is -3.88. The lowest BCUT2D eigenvalue weighted by atomic mass is 10.0. The summed E-state index contributed by atoms with van der Waals surface area (Å²) < 4.78 is 59.3. The molecule has 1 fully saturated rings. The maximum Gasteiger partial charge on any atom is 0.397 e. The van der Waals surface area contributed by atoms with Crippen molar-refractivity contribution in [2.45, 2.75) is 63.7 Å². The SMILES string of the molecule is CCC(F)(F)Oc1ccc(CNC(=O)[C@H]2CN(S(=O)(=O)c3ccccc3)C[C@@H](C)N2C(=O)C(C)C)cc1. The monoisotopic (exact) mass is 537 g/mol. The molecule has 37 heavy (non-hydrogen) atoms. The molecule has 2 aromatic rings. The van der Waals surface area contributed by atoms with Crippen LogP contribution in [0.25, 0.3) is 0 Å². The Morgan fingerprint density at radius 2 is 1.70 bits per heavy atom. The van der Waals surface area contributed by atoms with E-state index in [0.717, 1.165) is 0 Å². The van der Waals surface area contributed by atoms with E-state index in [-0.39, 0.29) is 42.1 Å². The van der Waals surface area contributed by atoms with E-state index in [0.29, 0.717) is 5.56 Å². The molecule has 2 amide bonds. The summed E-state index contributed by atoms with van der Waals surface area (Å²) in [5, 5.41) is 2.76. The number of carbonyl (C=O) groups is 2. The van der Waals surface area contributed by atoms with Crippen LogP contribution in [0.1, 0.15) is 39.7 Å². The highest BCUT2D eigenvalue weighted by Crippen LogP contribution is 2.26. The van der Waals surface area contributed by atoms with Crippen LogP contribution in [0, 0.1) is 5.92 Å². The molecule has 11 heteroatoms. The molecule has 0 aliphatic carbocycles. The number of piperazine rings is 1. The summed E-state index contributed by atoms with van der Waals surface area (Å²) in [5.74, 6) is -1.14. The third-order valence-electron chi connectivity index (χ3n) is 6.16. The van der Waals surface area contributed by atoms with E-state index < -0.39 is 40.5 Å². The highest BCUT2D eigenvalue weighted by atomic mass is 32.2. The van der Waals surface area contributed by atoms with Crippen molar-refractivity contribution in [3.05, 3.63) is 60.2 Å². The van der Waals surface area contributed by atoms with Crippen LogP contribution < -0.4 is 10.1 Å². The topological polar surface area (TPSA) is 96.0 Å². The first-order valence-corrected chi connectivity index (χ1v) is 13.6. The van der Waals surface area contributed by atoms with Crippen molar-refractivity contribution in [2.24, 2.45) is 5.92 Å². The number of rotatable bonds is 9. The zero-order chi connectivity index (χ0) is 27.4. The van der Waals surface area contributed by atoms with Crippen molar-refractivity contribution < 1.29 is 31.5 Å². The van der Waals surface area contributed by atoms with Gasteiger partial charge >= 0.3 is 6.11 Å². The van der Waals surface area contributed by atoms with Gasteiger partial charge in [0.15, 0.2) is 0 Å². The second kappa shape index (κ2) is 11.6. The number of benzene rings is 2. The minimum Gasteiger partial charge on any atom is -0.433 e. The number of amides is 2. The summed E-state index contributed by atoms with van der Waals surface area (Å²) in [6.07, 6.45) is -3.74. The van der Waals surface area contributed by atoms with Gasteiger partial charge in [-0.15, -0.1) is 0 Å². The largest absolute Gasteiger partial charge is 0.433 e. The normalized spacial score (nSPS) is 19.1. The zero-order valence-electron chi connectivity index (χ0n) is 21.4. The zero-order valence-corrected chi connectivity index (χ0v) is 22.2. The highest BCUT2D eigenvalue weighted by molar-refractivity contribution is 7.89. The molecule has 0 spiro atoms. The van der Waals surface area contributed by atoms with Gasteiger partial charge in [-0.25, -0.2) is 8.42 Å². The number of sulfonamides is 1. The van der Waals surface area contributed by atoms with Gasteiger partial charge in [-0.05, 0) is 36.8 Å². The van der Waals surface area contributed by atoms with Crippen LogP contribution >= 0.6 is 0 Å². The highest BCUT2D eigenvalue weighted by Gasteiger charge is 2.43. The van der Waals surface area contributed by atoms with Crippen LogP contribution in [-0.2, 0) is 26.2 Å². The van der Waals surface area contributed by atoms with E-state index in [4.69, 9.17) is 0 Å². The Morgan fingerprint density at radius 3 is 2.27 bits per heavy atom. The molecule has 3 rings (SSSR count). The Hall–Kier alpha value is -3.05. The van der Waals surface area contributed by atoms with Gasteiger partial charge in [0.05, 0.1) is 4.90 Å². The number of nitrogens with one attached hydrogen (secondary N) is 1. The lowest BCUT2D eigenvalue weighted by molar-refractivity contribution is -0.177. The van der Waals surface area contributed by atoms with Gasteiger partial charge in [0.25, 0.3) is 0 Å². The van der Waals surface area contributed by atoms with Gasteiger partial charge in [-0.2, -0.15) is 13.1 Å². The Kier molecular flexibility index (Phi) is 8.91. The Morgan fingerprint density at radius 1 is 1.08 bits per heavy atom. The van der Waals surface area contributed by atoms with E-state index in [1.807, 2.05) is 0 Å². The number of hydrogen-bond acceptors (Lipinski definition) is 5. The van der Waals surface area contributed by atoms with Gasteiger partial charge in [0.1, 0.15) is 11.8 Å². The molecule has 0 unspecified atom stereocenters. The van der Waals surface area contributed by atoms with Crippen LogP contribution in [0.4, 0.5) is 8.78 Å². The second-order valence-electron chi connectivity index (χ2n) is 9.35. The minimum absolute atomic E-state index is 0.00139. The molecule has 0 aromatic heterocycles. The van der Waals surface area contributed by atoms with Crippen LogP contribution in [0.15, 0.2) is 59.5 Å². The van der Waals surface area contributed by atoms with Crippen LogP contribution in [0.5, 0.6) is 5.75 Å². The van der Waals surface area contributed by atoms with Crippen molar-refractivity contribution in [1.82, 2.24) is 14.5 Å². The summed E-state index contributed by atoms with van der Waals surface area (Å²) in [4.78, 5) is 27.9. The van der Waals surface area contributed by atoms with Gasteiger partial charge in [0, 0.05) is 38.0 Å². The van der Waals surface area contributed by atoms with E-state index >= 15 is 0 Å². The average molecular weight is 538 g/mol. The molecule has 202 valence electrons. The quantitative estimate of drug-likeness (QED) is 0.527. The van der Waals surface area contributed by atoms with Gasteiger partial charge in [0.2, 0.25) is 21.8 Å². The molecule has 1 aliphatic rings. The molecular weight excluding hydrogens is 504 g/mol. The standard InChI is InChI=1S/C26H33F2N3O5S/c1-5-26(27,28)36-21-13-11-20(12-14-21)15-29-24(32)23-17-30(16-19(4)31(23)25(33)18(2)3)37(34,35)22-9-7-6-8-10-22/h6-14,18-19,23H,5,15-17H2,1-4H3,(H,29,32)/t19-,23-/m1/s1. The Labute approximate surface area is 216 Å². The first-order chi connectivity index (χ1) is 17.4. The predicted octanol–water partition coefficient (Wildman–Crippen LogP) is 3.63. The van der Waals surface area contributed by atoms with E-state index in [9.17, 15) is 26.8 Å². The van der Waals surface area contributed by atoms with E-state index in [1.165, 1.54) is 40.4 Å². The van der Waals surface area contributed by atoms with E-state index in [2.05, 4.69) is 10.1 Å². The molecule has 2 atom stereocenters. The first kappa shape index (κ1) is 28.5. The van der Waals surface area contributed by atoms with Crippen molar-refractivity contribution >= 4 is 21.8 Å². The third kappa shape index (κ3) is 6.84. The number of ether oxygens (including phenoxy) is 1. The lowest BCUT2D eigenvalue weighted by Gasteiger charge is -2.44. The summed E-state index contributed by atoms with van der Waals surface area (Å²) in [5.41, 5.74) is 0.625. The molecule has 2 aromatic carbocycles. The maximum atomic E-state index is 13.5. The fraction of sp³-hybridized carbons (Fsp3) is 0.462. The van der Waals surface area contributed by atoms with Crippen molar-refractivity contribution in [3.63, 3.8) is 0 Å². The Bertz CT molecular complexity index is 1190. The molecule has 1 N–H and O–H groups in total. The summed E-state index contributed by atoms with van der Waals surface area (Å²) in [6, 6.07) is 12.2. The molecule has 1 aliphatic heterocycles. The molecule has 0 saturated carbocycles. The molecular formula is C26H33F2N3O5S. The van der Waals surface area contributed by atoms with E-state index in [1.54, 1.807) is 51.1 Å².